The van der Waals surface area contributed by atoms with E-state index in [1.54, 1.807) is 23.4 Å². The van der Waals surface area contributed by atoms with E-state index in [9.17, 15) is 18.0 Å². The third-order valence-corrected chi connectivity index (χ3v) is 4.32. The monoisotopic (exact) mass is 394 g/mol. The van der Waals surface area contributed by atoms with E-state index in [4.69, 9.17) is 11.6 Å². The van der Waals surface area contributed by atoms with E-state index in [0.29, 0.717) is 24.6 Å². The Morgan fingerprint density at radius 2 is 1.81 bits per heavy atom. The van der Waals surface area contributed by atoms with E-state index >= 15 is 0 Å². The van der Waals surface area contributed by atoms with Crippen LogP contribution in [0.2, 0.25) is 0 Å². The number of aromatic nitrogens is 2. The molecule has 0 N–H and O–H groups in total. The third kappa shape index (κ3) is 4.68. The lowest BCUT2D eigenvalue weighted by molar-refractivity contribution is -0.137. The van der Waals surface area contributed by atoms with Gasteiger partial charge in [-0.25, -0.2) is 9.97 Å². The molecule has 5 nitrogen and oxygen atoms in total. The van der Waals surface area contributed by atoms with Crippen molar-refractivity contribution in [2.24, 2.45) is 0 Å². The van der Waals surface area contributed by atoms with Crippen molar-refractivity contribution < 1.29 is 18.0 Å². The van der Waals surface area contributed by atoms with Crippen LogP contribution in [0.15, 0.2) is 42.7 Å². The van der Waals surface area contributed by atoms with Gasteiger partial charge in [-0.3, -0.25) is 4.79 Å². The summed E-state index contributed by atoms with van der Waals surface area (Å²) in [6.45, 7) is 1.08. The maximum absolute atomic E-state index is 12.5. The Labute approximate surface area is 158 Å². The van der Waals surface area contributed by atoms with Crippen LogP contribution in [0.4, 0.5) is 19.1 Å². The minimum Gasteiger partial charge on any atom is -0.327 e. The third-order valence-electron chi connectivity index (χ3n) is 3.94. The molecular weight excluding hydrogens is 381 g/mol. The van der Waals surface area contributed by atoms with Crippen molar-refractivity contribution in [3.05, 3.63) is 53.9 Å². The van der Waals surface area contributed by atoms with Crippen LogP contribution in [-0.2, 0) is 11.0 Å². The first-order chi connectivity index (χ1) is 12.8. The largest absolute Gasteiger partial charge is 0.416 e. The number of rotatable bonds is 1. The fourth-order valence-corrected chi connectivity index (χ4v) is 2.89. The molecular formula is C18H14ClF3N4O. The van der Waals surface area contributed by atoms with E-state index in [2.05, 4.69) is 21.8 Å². The molecule has 1 aromatic carbocycles. The average Bonchev–Trinajstić information content (AvgIpc) is 2.66. The second-order valence-corrected chi connectivity index (χ2v) is 6.26. The first-order valence-corrected chi connectivity index (χ1v) is 8.44. The molecule has 1 saturated heterocycles. The van der Waals surface area contributed by atoms with Crippen molar-refractivity contribution in [3.63, 3.8) is 0 Å². The first-order valence-electron chi connectivity index (χ1n) is 8.00. The van der Waals surface area contributed by atoms with E-state index < -0.39 is 23.1 Å². The molecule has 2 aromatic rings. The fraction of sp³-hybridized carbons (Fsp3) is 0.278. The van der Waals surface area contributed by atoms with Crippen LogP contribution in [0, 0.1) is 11.8 Å². The van der Waals surface area contributed by atoms with Gasteiger partial charge in [-0.15, -0.1) is 0 Å². The molecule has 3 rings (SSSR count). The van der Waals surface area contributed by atoms with Gasteiger partial charge >= 0.3 is 6.18 Å². The quantitative estimate of drug-likeness (QED) is 0.424. The number of amides is 1. The van der Waals surface area contributed by atoms with Crippen molar-refractivity contribution in [1.29, 1.82) is 0 Å². The van der Waals surface area contributed by atoms with Gasteiger partial charge in [0.1, 0.15) is 5.50 Å². The number of carbonyl (C=O) groups is 1. The van der Waals surface area contributed by atoms with E-state index in [0.717, 1.165) is 12.1 Å². The average molecular weight is 395 g/mol. The Morgan fingerprint density at radius 3 is 2.41 bits per heavy atom. The van der Waals surface area contributed by atoms with Crippen molar-refractivity contribution in [1.82, 2.24) is 14.9 Å². The lowest BCUT2D eigenvalue weighted by atomic mass is 10.1. The Bertz CT molecular complexity index is 862. The minimum atomic E-state index is -4.40. The summed E-state index contributed by atoms with van der Waals surface area (Å²) in [7, 11) is 0. The molecule has 1 unspecified atom stereocenters. The fourth-order valence-electron chi connectivity index (χ4n) is 2.54. The molecule has 1 fully saturated rings. The highest BCUT2D eigenvalue weighted by molar-refractivity contribution is 6.22. The summed E-state index contributed by atoms with van der Waals surface area (Å²) in [5.74, 6) is 5.09. The summed E-state index contributed by atoms with van der Waals surface area (Å²) in [5, 5.41) is 0. The number of nitrogens with zero attached hydrogens (tertiary/aromatic N) is 4. The predicted octanol–water partition coefficient (Wildman–Crippen LogP) is 2.76. The van der Waals surface area contributed by atoms with Gasteiger partial charge in [0, 0.05) is 37.0 Å². The molecule has 1 amide bonds. The molecule has 0 radical (unpaired) electrons. The highest BCUT2D eigenvalue weighted by Crippen LogP contribution is 2.29. The smallest absolute Gasteiger partial charge is 0.327 e. The van der Waals surface area contributed by atoms with Crippen molar-refractivity contribution in [2.75, 3.05) is 24.5 Å². The van der Waals surface area contributed by atoms with Crippen LogP contribution in [0.3, 0.4) is 0 Å². The first kappa shape index (κ1) is 19.0. The zero-order valence-electron chi connectivity index (χ0n) is 13.9. The Morgan fingerprint density at radius 1 is 1.15 bits per heavy atom. The van der Waals surface area contributed by atoms with Gasteiger partial charge < -0.3 is 9.80 Å². The van der Waals surface area contributed by atoms with Gasteiger partial charge in [0.2, 0.25) is 5.95 Å². The number of halogens is 4. The molecule has 9 heteroatoms. The SMILES string of the molecule is O=C(C#Cc1ccc(C(F)(F)F)cc1)N1CCN(c2ncccn2)C(Cl)C1. The van der Waals surface area contributed by atoms with Crippen molar-refractivity contribution in [3.8, 4) is 11.8 Å². The Balaban J connectivity index is 1.62. The van der Waals surface area contributed by atoms with Crippen LogP contribution in [0.25, 0.3) is 0 Å². The normalized spacial score (nSPS) is 17.3. The zero-order valence-corrected chi connectivity index (χ0v) is 14.7. The Hall–Kier alpha value is -2.79. The molecule has 1 aliphatic heterocycles. The number of hydrogen-bond acceptors (Lipinski definition) is 4. The lowest BCUT2D eigenvalue weighted by Gasteiger charge is -2.37. The topological polar surface area (TPSA) is 49.3 Å². The summed E-state index contributed by atoms with van der Waals surface area (Å²) < 4.78 is 37.6. The van der Waals surface area contributed by atoms with E-state index in [-0.39, 0.29) is 6.54 Å². The van der Waals surface area contributed by atoms with Crippen LogP contribution in [-0.4, -0.2) is 45.9 Å². The minimum absolute atomic E-state index is 0.236. The summed E-state index contributed by atoms with van der Waals surface area (Å²) in [6, 6.07) is 6.03. The molecule has 0 spiro atoms. The number of carbonyl (C=O) groups excluding carboxylic acids is 1. The predicted molar refractivity (Wildman–Crippen MR) is 93.9 cm³/mol. The maximum Gasteiger partial charge on any atom is 0.416 e. The van der Waals surface area contributed by atoms with E-state index in [1.165, 1.54) is 17.0 Å². The van der Waals surface area contributed by atoms with Crippen LogP contribution >= 0.6 is 11.6 Å². The number of alkyl halides is 4. The highest BCUT2D eigenvalue weighted by Gasteiger charge is 2.30. The summed E-state index contributed by atoms with van der Waals surface area (Å²) in [5.41, 5.74) is -0.934. The van der Waals surface area contributed by atoms with Gasteiger partial charge in [0.05, 0.1) is 12.1 Å². The van der Waals surface area contributed by atoms with E-state index in [1.807, 2.05) is 0 Å². The second kappa shape index (κ2) is 7.84. The highest BCUT2D eigenvalue weighted by atomic mass is 35.5. The molecule has 27 heavy (non-hydrogen) atoms. The van der Waals surface area contributed by atoms with Crippen LogP contribution in [0.5, 0.6) is 0 Å². The molecule has 140 valence electrons. The molecule has 0 aliphatic carbocycles. The second-order valence-electron chi connectivity index (χ2n) is 5.75. The number of piperazine rings is 1. The summed E-state index contributed by atoms with van der Waals surface area (Å²) in [4.78, 5) is 23.8. The standard InChI is InChI=1S/C18H14ClF3N4O/c19-15-12-25(10-11-26(15)17-23-8-1-9-24-17)16(27)7-4-13-2-5-14(6-3-13)18(20,21)22/h1-3,5-6,8-9,15H,10-12H2. The number of benzene rings is 1. The molecule has 2 heterocycles. The van der Waals surface area contributed by atoms with Gasteiger partial charge in [-0.1, -0.05) is 17.5 Å². The number of anilines is 1. The molecule has 1 atom stereocenters. The van der Waals surface area contributed by atoms with Crippen molar-refractivity contribution >= 4 is 23.5 Å². The number of hydrogen-bond donors (Lipinski definition) is 0. The zero-order chi connectivity index (χ0) is 19.4. The van der Waals surface area contributed by atoms with Gasteiger partial charge in [-0.2, -0.15) is 13.2 Å². The van der Waals surface area contributed by atoms with Gasteiger partial charge in [-0.05, 0) is 30.3 Å². The van der Waals surface area contributed by atoms with Gasteiger partial charge in [0.15, 0.2) is 0 Å². The van der Waals surface area contributed by atoms with Gasteiger partial charge in [0.25, 0.3) is 5.91 Å². The Kier molecular flexibility index (Phi) is 5.51. The molecule has 0 bridgehead atoms. The molecule has 1 aliphatic rings. The summed E-state index contributed by atoms with van der Waals surface area (Å²) >= 11 is 6.33. The van der Waals surface area contributed by atoms with Crippen LogP contribution in [0.1, 0.15) is 11.1 Å². The summed E-state index contributed by atoms with van der Waals surface area (Å²) in [6.07, 6.45) is -1.18. The van der Waals surface area contributed by atoms with Crippen molar-refractivity contribution in [2.45, 2.75) is 11.7 Å². The maximum atomic E-state index is 12.5. The molecule has 1 aromatic heterocycles. The lowest BCUT2D eigenvalue weighted by Crippen LogP contribution is -2.53. The van der Waals surface area contributed by atoms with Crippen LogP contribution < -0.4 is 4.90 Å². The molecule has 0 saturated carbocycles.